The first-order valence-electron chi connectivity index (χ1n) is 5.40. The maximum absolute atomic E-state index is 13.5. The normalized spacial score (nSPS) is 10.4. The van der Waals surface area contributed by atoms with Gasteiger partial charge in [0.15, 0.2) is 5.78 Å². The quantitative estimate of drug-likeness (QED) is 0.847. The maximum atomic E-state index is 13.5. The molecule has 2 nitrogen and oxygen atoms in total. The Morgan fingerprint density at radius 3 is 2.28 bits per heavy atom. The van der Waals surface area contributed by atoms with Crippen molar-refractivity contribution in [2.24, 2.45) is 5.73 Å². The van der Waals surface area contributed by atoms with Gasteiger partial charge in [0.05, 0.1) is 6.54 Å². The lowest BCUT2D eigenvalue weighted by Crippen LogP contribution is -2.13. The molecule has 0 aliphatic heterocycles. The van der Waals surface area contributed by atoms with E-state index in [1.165, 1.54) is 12.1 Å². The molecular weight excluding hydrogens is 236 g/mol. The van der Waals surface area contributed by atoms with Gasteiger partial charge in [0.2, 0.25) is 0 Å². The largest absolute Gasteiger partial charge is 0.324 e. The van der Waals surface area contributed by atoms with Crippen LogP contribution in [0.15, 0.2) is 42.5 Å². The summed E-state index contributed by atoms with van der Waals surface area (Å²) in [6, 6.07) is 9.76. The van der Waals surface area contributed by atoms with Gasteiger partial charge in [0.1, 0.15) is 11.6 Å². The summed E-state index contributed by atoms with van der Waals surface area (Å²) in [5.74, 6) is -1.43. The van der Waals surface area contributed by atoms with E-state index in [0.29, 0.717) is 16.7 Å². The molecule has 0 heterocycles. The van der Waals surface area contributed by atoms with Crippen LogP contribution in [-0.2, 0) is 0 Å². The fraction of sp³-hybridized carbons (Fsp3) is 0.0714. The van der Waals surface area contributed by atoms with Crippen molar-refractivity contribution in [2.75, 3.05) is 6.54 Å². The van der Waals surface area contributed by atoms with Gasteiger partial charge in [0.25, 0.3) is 0 Å². The summed E-state index contributed by atoms with van der Waals surface area (Å²) in [5.41, 5.74) is 6.60. The minimum absolute atomic E-state index is 0.0652. The van der Waals surface area contributed by atoms with Crippen LogP contribution >= 0.6 is 0 Å². The summed E-state index contributed by atoms with van der Waals surface area (Å²) in [6.07, 6.45) is 0. The van der Waals surface area contributed by atoms with Gasteiger partial charge in [0, 0.05) is 17.2 Å². The predicted octanol–water partition coefficient (Wildman–Crippen LogP) is 2.77. The number of carbonyl (C=O) groups excluding carboxylic acids is 1. The molecule has 0 bridgehead atoms. The van der Waals surface area contributed by atoms with Crippen LogP contribution in [0.2, 0.25) is 0 Å². The number of Topliss-reactive ketones (excluding diaryl/α,β-unsaturated/α-hetero) is 1. The zero-order chi connectivity index (χ0) is 13.1. The number of benzene rings is 2. The van der Waals surface area contributed by atoms with Crippen molar-refractivity contribution in [1.82, 2.24) is 0 Å². The van der Waals surface area contributed by atoms with Crippen LogP contribution in [0.3, 0.4) is 0 Å². The van der Waals surface area contributed by atoms with Gasteiger partial charge in [-0.1, -0.05) is 24.3 Å². The van der Waals surface area contributed by atoms with Crippen LogP contribution in [0, 0.1) is 11.6 Å². The first-order chi connectivity index (χ1) is 8.61. The van der Waals surface area contributed by atoms with Gasteiger partial charge in [-0.15, -0.1) is 0 Å². The van der Waals surface area contributed by atoms with Crippen molar-refractivity contribution in [3.8, 4) is 11.1 Å². The summed E-state index contributed by atoms with van der Waals surface area (Å²) < 4.78 is 26.3. The van der Waals surface area contributed by atoms with Crippen LogP contribution < -0.4 is 5.73 Å². The van der Waals surface area contributed by atoms with E-state index in [2.05, 4.69) is 0 Å². The second kappa shape index (κ2) is 5.06. The molecule has 0 aliphatic carbocycles. The first-order valence-corrected chi connectivity index (χ1v) is 5.40. The Morgan fingerprint density at radius 1 is 1.06 bits per heavy atom. The number of hydrogen-bond acceptors (Lipinski definition) is 2. The number of hydrogen-bond donors (Lipinski definition) is 1. The zero-order valence-electron chi connectivity index (χ0n) is 9.49. The molecule has 18 heavy (non-hydrogen) atoms. The van der Waals surface area contributed by atoms with E-state index < -0.39 is 11.6 Å². The average molecular weight is 247 g/mol. The van der Waals surface area contributed by atoms with Crippen molar-refractivity contribution in [3.63, 3.8) is 0 Å². The second-order valence-electron chi connectivity index (χ2n) is 3.83. The monoisotopic (exact) mass is 247 g/mol. The standard InChI is InChI=1S/C14H11F2NO/c15-11-5-6-12(13(16)7-11)9-1-3-10(4-2-9)14(18)8-17/h1-7H,8,17H2. The molecule has 0 saturated heterocycles. The van der Waals surface area contributed by atoms with Gasteiger partial charge >= 0.3 is 0 Å². The fourth-order valence-corrected chi connectivity index (χ4v) is 1.68. The van der Waals surface area contributed by atoms with Crippen LogP contribution in [0.4, 0.5) is 8.78 Å². The summed E-state index contributed by atoms with van der Waals surface area (Å²) in [5, 5.41) is 0. The van der Waals surface area contributed by atoms with Crippen LogP contribution in [0.5, 0.6) is 0 Å². The van der Waals surface area contributed by atoms with Gasteiger partial charge < -0.3 is 5.73 Å². The van der Waals surface area contributed by atoms with E-state index in [1.807, 2.05) is 0 Å². The van der Waals surface area contributed by atoms with Gasteiger partial charge in [-0.2, -0.15) is 0 Å². The van der Waals surface area contributed by atoms with Crippen molar-refractivity contribution in [1.29, 1.82) is 0 Å². The van der Waals surface area contributed by atoms with E-state index in [-0.39, 0.29) is 12.3 Å². The predicted molar refractivity (Wildman–Crippen MR) is 65.2 cm³/mol. The number of rotatable bonds is 3. The Hall–Kier alpha value is -2.07. The highest BCUT2D eigenvalue weighted by molar-refractivity contribution is 5.97. The minimum atomic E-state index is -0.632. The molecule has 4 heteroatoms. The SMILES string of the molecule is NCC(=O)c1ccc(-c2ccc(F)cc2F)cc1. The number of halogens is 2. The molecule has 0 unspecified atom stereocenters. The summed E-state index contributed by atoms with van der Waals surface area (Å²) in [4.78, 5) is 11.3. The molecule has 0 amide bonds. The molecule has 2 aromatic rings. The van der Waals surface area contributed by atoms with Gasteiger partial charge in [-0.25, -0.2) is 8.78 Å². The molecule has 0 aliphatic rings. The highest BCUT2D eigenvalue weighted by Gasteiger charge is 2.08. The highest BCUT2D eigenvalue weighted by atomic mass is 19.1. The van der Waals surface area contributed by atoms with Gasteiger partial charge in [-0.3, -0.25) is 4.79 Å². The third-order valence-corrected chi connectivity index (χ3v) is 2.63. The maximum Gasteiger partial charge on any atom is 0.176 e. The van der Waals surface area contributed by atoms with Crippen LogP contribution in [-0.4, -0.2) is 12.3 Å². The smallest absolute Gasteiger partial charge is 0.176 e. The molecule has 0 saturated carbocycles. The summed E-state index contributed by atoms with van der Waals surface area (Å²) >= 11 is 0. The summed E-state index contributed by atoms with van der Waals surface area (Å²) in [7, 11) is 0. The molecule has 0 atom stereocenters. The van der Waals surface area contributed by atoms with E-state index >= 15 is 0 Å². The first kappa shape index (κ1) is 12.4. The Bertz CT molecular complexity index is 579. The number of nitrogens with two attached hydrogens (primary N) is 1. The molecular formula is C14H11F2NO. The van der Waals surface area contributed by atoms with Crippen molar-refractivity contribution >= 4 is 5.78 Å². The molecule has 92 valence electrons. The van der Waals surface area contributed by atoms with E-state index in [9.17, 15) is 13.6 Å². The fourth-order valence-electron chi connectivity index (χ4n) is 1.68. The molecule has 2 N–H and O–H groups in total. The van der Waals surface area contributed by atoms with E-state index in [0.717, 1.165) is 6.07 Å². The third kappa shape index (κ3) is 2.43. The van der Waals surface area contributed by atoms with E-state index in [1.54, 1.807) is 24.3 Å². The number of carbonyl (C=O) groups is 1. The second-order valence-corrected chi connectivity index (χ2v) is 3.83. The molecule has 0 aromatic heterocycles. The molecule has 2 rings (SSSR count). The van der Waals surface area contributed by atoms with Crippen molar-refractivity contribution < 1.29 is 13.6 Å². The topological polar surface area (TPSA) is 43.1 Å². The lowest BCUT2D eigenvalue weighted by molar-refractivity contribution is 0.100. The van der Waals surface area contributed by atoms with Crippen molar-refractivity contribution in [2.45, 2.75) is 0 Å². The lowest BCUT2D eigenvalue weighted by Gasteiger charge is -2.05. The Kier molecular flexibility index (Phi) is 3.48. The van der Waals surface area contributed by atoms with E-state index in [4.69, 9.17) is 5.73 Å². The zero-order valence-corrected chi connectivity index (χ0v) is 9.49. The Morgan fingerprint density at radius 2 is 1.72 bits per heavy atom. The Balaban J connectivity index is 2.37. The average Bonchev–Trinajstić information content (AvgIpc) is 2.38. The third-order valence-electron chi connectivity index (χ3n) is 2.63. The van der Waals surface area contributed by atoms with Crippen LogP contribution in [0.25, 0.3) is 11.1 Å². The minimum Gasteiger partial charge on any atom is -0.324 e. The van der Waals surface area contributed by atoms with Gasteiger partial charge in [-0.05, 0) is 17.7 Å². The lowest BCUT2D eigenvalue weighted by atomic mass is 10.0. The molecule has 0 fully saturated rings. The van der Waals surface area contributed by atoms with Crippen molar-refractivity contribution in [3.05, 3.63) is 59.7 Å². The molecule has 0 radical (unpaired) electrons. The Labute approximate surface area is 103 Å². The molecule has 0 spiro atoms. The summed E-state index contributed by atoms with van der Waals surface area (Å²) in [6.45, 7) is -0.0652. The number of ketones is 1. The highest BCUT2D eigenvalue weighted by Crippen LogP contribution is 2.23. The van der Waals surface area contributed by atoms with Crippen LogP contribution in [0.1, 0.15) is 10.4 Å². The molecule has 2 aromatic carbocycles.